The Morgan fingerprint density at radius 2 is 2.56 bits per heavy atom. The predicted octanol–water partition coefficient (Wildman–Crippen LogP) is 2.83. The average molecular weight is 265 g/mol. The highest BCUT2D eigenvalue weighted by atomic mass is 32.1. The van der Waals surface area contributed by atoms with Crippen LogP contribution in [-0.4, -0.2) is 19.1 Å². The highest BCUT2D eigenvalue weighted by Gasteiger charge is 2.19. The van der Waals surface area contributed by atoms with Crippen LogP contribution >= 0.6 is 11.3 Å². The Morgan fingerprint density at radius 1 is 1.67 bits per heavy atom. The summed E-state index contributed by atoms with van der Waals surface area (Å²) >= 11 is 1.85. The lowest BCUT2D eigenvalue weighted by Crippen LogP contribution is -2.24. The fraction of sp³-hybridized carbons (Fsp3) is 0.500. The van der Waals surface area contributed by atoms with Gasteiger partial charge in [-0.2, -0.15) is 0 Å². The van der Waals surface area contributed by atoms with E-state index in [4.69, 9.17) is 4.74 Å². The van der Waals surface area contributed by atoms with Crippen molar-refractivity contribution in [1.29, 1.82) is 0 Å². The van der Waals surface area contributed by atoms with Crippen molar-refractivity contribution in [2.24, 2.45) is 0 Å². The second kappa shape index (κ2) is 6.71. The molecule has 1 aromatic heterocycles. The van der Waals surface area contributed by atoms with Gasteiger partial charge in [-0.3, -0.25) is 0 Å². The molecule has 1 unspecified atom stereocenters. The van der Waals surface area contributed by atoms with E-state index in [1.807, 2.05) is 24.3 Å². The number of fused-ring (bicyclic) bond motifs is 1. The molecule has 0 spiro atoms. The second-order valence-electron chi connectivity index (χ2n) is 4.31. The standard InChI is InChI=1S/C14H19NO2S/c1-2-17-14(16)7-4-9-15-12-5-3-6-13-11(12)8-10-18-13/h4,7-8,10,12,15H,2-3,5-6,9H2,1H3/b7-4+. The van der Waals surface area contributed by atoms with Crippen molar-refractivity contribution >= 4 is 17.3 Å². The fourth-order valence-corrected chi connectivity index (χ4v) is 3.24. The Labute approximate surface area is 112 Å². The van der Waals surface area contributed by atoms with Crippen LogP contribution in [0, 0.1) is 0 Å². The van der Waals surface area contributed by atoms with Crippen LogP contribution in [0.15, 0.2) is 23.6 Å². The molecule has 1 N–H and O–H groups in total. The monoisotopic (exact) mass is 265 g/mol. The van der Waals surface area contributed by atoms with Crippen molar-refractivity contribution in [3.63, 3.8) is 0 Å². The molecule has 0 fully saturated rings. The van der Waals surface area contributed by atoms with E-state index in [0.29, 0.717) is 19.2 Å². The van der Waals surface area contributed by atoms with Gasteiger partial charge in [0.1, 0.15) is 0 Å². The maximum atomic E-state index is 11.1. The Morgan fingerprint density at radius 3 is 3.39 bits per heavy atom. The predicted molar refractivity (Wildman–Crippen MR) is 73.8 cm³/mol. The Hall–Kier alpha value is -1.13. The number of hydrogen-bond acceptors (Lipinski definition) is 4. The summed E-state index contributed by atoms with van der Waals surface area (Å²) in [5.41, 5.74) is 1.44. The molecule has 0 amide bonds. The van der Waals surface area contributed by atoms with E-state index in [1.54, 1.807) is 0 Å². The summed E-state index contributed by atoms with van der Waals surface area (Å²) in [5.74, 6) is -0.265. The largest absolute Gasteiger partial charge is 0.463 e. The van der Waals surface area contributed by atoms with Gasteiger partial charge in [-0.25, -0.2) is 4.79 Å². The van der Waals surface area contributed by atoms with Crippen LogP contribution in [0.2, 0.25) is 0 Å². The average Bonchev–Trinajstić information content (AvgIpc) is 2.84. The van der Waals surface area contributed by atoms with Crippen LogP contribution in [0.1, 0.15) is 36.2 Å². The number of esters is 1. The van der Waals surface area contributed by atoms with Crippen molar-refractivity contribution in [2.75, 3.05) is 13.2 Å². The summed E-state index contributed by atoms with van der Waals surface area (Å²) in [6, 6.07) is 2.65. The first kappa shape index (κ1) is 13.3. The molecule has 0 saturated carbocycles. The summed E-state index contributed by atoms with van der Waals surface area (Å²) in [5, 5.41) is 5.64. The molecule has 98 valence electrons. The normalized spacial score (nSPS) is 18.8. The summed E-state index contributed by atoms with van der Waals surface area (Å²) in [4.78, 5) is 12.6. The number of rotatable bonds is 5. The van der Waals surface area contributed by atoms with Gasteiger partial charge in [0.05, 0.1) is 6.61 Å². The molecule has 3 nitrogen and oxygen atoms in total. The first-order chi connectivity index (χ1) is 8.81. The smallest absolute Gasteiger partial charge is 0.330 e. The number of aryl methyl sites for hydroxylation is 1. The third-order valence-corrected chi connectivity index (χ3v) is 4.07. The Kier molecular flexibility index (Phi) is 4.96. The van der Waals surface area contributed by atoms with Gasteiger partial charge in [-0.05, 0) is 43.2 Å². The molecule has 1 atom stereocenters. The minimum atomic E-state index is -0.265. The zero-order valence-corrected chi connectivity index (χ0v) is 11.5. The zero-order valence-electron chi connectivity index (χ0n) is 10.6. The first-order valence-electron chi connectivity index (χ1n) is 6.44. The molecule has 0 saturated heterocycles. The summed E-state index contributed by atoms with van der Waals surface area (Å²) in [6.07, 6.45) is 6.96. The van der Waals surface area contributed by atoms with E-state index < -0.39 is 0 Å². The van der Waals surface area contributed by atoms with Gasteiger partial charge in [0.15, 0.2) is 0 Å². The number of nitrogens with one attached hydrogen (secondary N) is 1. The number of thiophene rings is 1. The third kappa shape index (κ3) is 3.43. The number of hydrogen-bond donors (Lipinski definition) is 1. The SMILES string of the molecule is CCOC(=O)/C=C/CNC1CCCc2sccc21. The highest BCUT2D eigenvalue weighted by molar-refractivity contribution is 7.10. The Balaban J connectivity index is 1.80. The molecule has 0 aliphatic heterocycles. The molecule has 0 radical (unpaired) electrons. The second-order valence-corrected chi connectivity index (χ2v) is 5.31. The van der Waals surface area contributed by atoms with Crippen molar-refractivity contribution in [2.45, 2.75) is 32.2 Å². The minimum Gasteiger partial charge on any atom is -0.463 e. The molecule has 0 aromatic carbocycles. The van der Waals surface area contributed by atoms with E-state index in [-0.39, 0.29) is 5.97 Å². The van der Waals surface area contributed by atoms with Crippen LogP contribution in [0.3, 0.4) is 0 Å². The highest BCUT2D eigenvalue weighted by Crippen LogP contribution is 2.32. The van der Waals surface area contributed by atoms with Crippen molar-refractivity contribution in [3.8, 4) is 0 Å². The molecule has 1 aliphatic rings. The molecule has 4 heteroatoms. The van der Waals surface area contributed by atoms with Gasteiger partial charge in [0, 0.05) is 23.5 Å². The van der Waals surface area contributed by atoms with Gasteiger partial charge < -0.3 is 10.1 Å². The van der Waals surface area contributed by atoms with Crippen LogP contribution in [0.4, 0.5) is 0 Å². The maximum Gasteiger partial charge on any atom is 0.330 e. The van der Waals surface area contributed by atoms with Gasteiger partial charge in [0.25, 0.3) is 0 Å². The van der Waals surface area contributed by atoms with Gasteiger partial charge >= 0.3 is 5.97 Å². The molecule has 1 heterocycles. The van der Waals surface area contributed by atoms with Crippen LogP contribution in [0.5, 0.6) is 0 Å². The molecule has 0 bridgehead atoms. The van der Waals surface area contributed by atoms with E-state index in [2.05, 4.69) is 16.8 Å². The lowest BCUT2D eigenvalue weighted by atomic mass is 9.94. The summed E-state index contributed by atoms with van der Waals surface area (Å²) in [7, 11) is 0. The number of carbonyl (C=O) groups excluding carboxylic acids is 1. The quantitative estimate of drug-likeness (QED) is 0.657. The molecule has 1 aliphatic carbocycles. The van der Waals surface area contributed by atoms with Gasteiger partial charge in [-0.1, -0.05) is 6.08 Å². The molecule has 2 rings (SSSR count). The van der Waals surface area contributed by atoms with E-state index in [9.17, 15) is 4.79 Å². The van der Waals surface area contributed by atoms with Crippen LogP contribution in [-0.2, 0) is 16.0 Å². The van der Waals surface area contributed by atoms with Crippen LogP contribution < -0.4 is 5.32 Å². The molecular weight excluding hydrogens is 246 g/mol. The molecule has 18 heavy (non-hydrogen) atoms. The van der Waals surface area contributed by atoms with Gasteiger partial charge in [-0.15, -0.1) is 11.3 Å². The van der Waals surface area contributed by atoms with E-state index in [1.165, 1.54) is 35.8 Å². The van der Waals surface area contributed by atoms with Crippen molar-refractivity contribution in [1.82, 2.24) is 5.32 Å². The minimum absolute atomic E-state index is 0.265. The first-order valence-corrected chi connectivity index (χ1v) is 7.32. The molecular formula is C14H19NO2S. The lowest BCUT2D eigenvalue weighted by Gasteiger charge is -2.23. The van der Waals surface area contributed by atoms with Crippen molar-refractivity contribution < 1.29 is 9.53 Å². The van der Waals surface area contributed by atoms with Gasteiger partial charge in [0.2, 0.25) is 0 Å². The Bertz CT molecular complexity index is 425. The topological polar surface area (TPSA) is 38.3 Å². The zero-order chi connectivity index (χ0) is 12.8. The third-order valence-electron chi connectivity index (χ3n) is 3.07. The molecule has 1 aromatic rings. The number of carbonyl (C=O) groups is 1. The van der Waals surface area contributed by atoms with E-state index in [0.717, 1.165) is 0 Å². The van der Waals surface area contributed by atoms with E-state index >= 15 is 0 Å². The van der Waals surface area contributed by atoms with Crippen LogP contribution in [0.25, 0.3) is 0 Å². The van der Waals surface area contributed by atoms with Crippen molar-refractivity contribution in [3.05, 3.63) is 34.0 Å². The lowest BCUT2D eigenvalue weighted by molar-refractivity contribution is -0.137. The number of ether oxygens (including phenoxy) is 1. The summed E-state index contributed by atoms with van der Waals surface area (Å²) in [6.45, 7) is 2.94. The fourth-order valence-electron chi connectivity index (χ4n) is 2.25. The summed E-state index contributed by atoms with van der Waals surface area (Å²) < 4.78 is 4.83. The maximum absolute atomic E-state index is 11.1.